The third-order valence-corrected chi connectivity index (χ3v) is 3.58. The molecule has 0 atom stereocenters. The summed E-state index contributed by atoms with van der Waals surface area (Å²) in [6, 6.07) is 12.7. The van der Waals surface area contributed by atoms with E-state index in [1.807, 2.05) is 6.07 Å². The molecular weight excluding hydrogens is 364 g/mol. The number of benzene rings is 2. The predicted molar refractivity (Wildman–Crippen MR) is 88.6 cm³/mol. The number of anilines is 1. The van der Waals surface area contributed by atoms with Crippen molar-refractivity contribution in [3.05, 3.63) is 59.1 Å². The zero-order valence-corrected chi connectivity index (χ0v) is 14.0. The zero-order chi connectivity index (χ0) is 17.5. The van der Waals surface area contributed by atoms with Gasteiger partial charge in [-0.05, 0) is 35.9 Å². The summed E-state index contributed by atoms with van der Waals surface area (Å²) in [5.41, 5.74) is 6.46. The van der Waals surface area contributed by atoms with Gasteiger partial charge in [0.05, 0.1) is 5.69 Å². The molecule has 0 fully saturated rings. The van der Waals surface area contributed by atoms with Crippen molar-refractivity contribution in [1.29, 1.82) is 0 Å². The van der Waals surface area contributed by atoms with Crippen LogP contribution in [0.15, 0.2) is 52.9 Å². The molecular formula is C13H13ClN2O5S2. The highest BCUT2D eigenvalue weighted by Crippen LogP contribution is 2.15. The molecule has 0 aliphatic heterocycles. The van der Waals surface area contributed by atoms with E-state index < -0.39 is 26.4 Å². The van der Waals surface area contributed by atoms with E-state index in [2.05, 4.69) is 4.36 Å². The smallest absolute Gasteiger partial charge is 0.316 e. The van der Waals surface area contributed by atoms with E-state index in [0.717, 1.165) is 0 Å². The van der Waals surface area contributed by atoms with Crippen molar-refractivity contribution in [1.82, 2.24) is 0 Å². The van der Waals surface area contributed by atoms with E-state index >= 15 is 0 Å². The van der Waals surface area contributed by atoms with Gasteiger partial charge >= 0.3 is 10.5 Å². The van der Waals surface area contributed by atoms with E-state index in [1.54, 1.807) is 18.2 Å². The van der Waals surface area contributed by atoms with Crippen LogP contribution < -0.4 is 5.73 Å². The Morgan fingerprint density at radius 2 is 1.78 bits per heavy atom. The van der Waals surface area contributed by atoms with Gasteiger partial charge in [-0.1, -0.05) is 29.8 Å². The average Bonchev–Trinajstić information content (AvgIpc) is 2.36. The molecule has 2 aromatic carbocycles. The number of rotatable bonds is 3. The van der Waals surface area contributed by atoms with Crippen LogP contribution in [-0.4, -0.2) is 21.4 Å². The van der Waals surface area contributed by atoms with Crippen LogP contribution in [0.4, 0.5) is 11.4 Å². The fourth-order valence-corrected chi connectivity index (χ4v) is 2.59. The van der Waals surface area contributed by atoms with Gasteiger partial charge in [0, 0.05) is 10.7 Å². The Bertz CT molecular complexity index is 886. The second-order valence-electron chi connectivity index (χ2n) is 4.26. The molecule has 0 unspecified atom stereocenters. The van der Waals surface area contributed by atoms with Crippen molar-refractivity contribution in [2.75, 3.05) is 5.73 Å². The van der Waals surface area contributed by atoms with Crippen LogP contribution in [0.2, 0.25) is 5.02 Å². The molecule has 0 spiro atoms. The minimum atomic E-state index is -4.12. The Balaban J connectivity index is 0.000000277. The first-order valence-electron chi connectivity index (χ1n) is 6.02. The molecule has 0 amide bonds. The third kappa shape index (κ3) is 8.94. The van der Waals surface area contributed by atoms with Crippen LogP contribution in [0.25, 0.3) is 0 Å². The molecule has 0 saturated carbocycles. The van der Waals surface area contributed by atoms with Crippen LogP contribution >= 0.6 is 11.6 Å². The molecule has 0 bridgehead atoms. The van der Waals surface area contributed by atoms with Gasteiger partial charge in [-0.3, -0.25) is 4.55 Å². The van der Waals surface area contributed by atoms with Crippen LogP contribution in [0, 0.1) is 0 Å². The topological polar surface area (TPSA) is 127 Å². The normalized spacial score (nSPS) is 10.3. The lowest BCUT2D eigenvalue weighted by molar-refractivity contribution is 0.482. The van der Waals surface area contributed by atoms with E-state index in [4.69, 9.17) is 21.9 Å². The number of hydrogen-bond donors (Lipinski definition) is 2. The molecule has 2 aromatic rings. The van der Waals surface area contributed by atoms with E-state index in [9.17, 15) is 16.8 Å². The Labute approximate surface area is 140 Å². The van der Waals surface area contributed by atoms with Crippen molar-refractivity contribution in [2.24, 2.45) is 4.36 Å². The summed E-state index contributed by atoms with van der Waals surface area (Å²) in [4.78, 5) is 0. The van der Waals surface area contributed by atoms with Gasteiger partial charge in [0.1, 0.15) is 5.75 Å². The first kappa shape index (κ1) is 19.1. The summed E-state index contributed by atoms with van der Waals surface area (Å²) in [7, 11) is -6.70. The summed E-state index contributed by atoms with van der Waals surface area (Å²) in [5, 5.41) is 0.685. The first-order chi connectivity index (χ1) is 10.7. The monoisotopic (exact) mass is 376 g/mol. The number of halogens is 1. The van der Waals surface area contributed by atoms with Crippen molar-refractivity contribution in [2.45, 2.75) is 5.75 Å². The maximum absolute atomic E-state index is 10.5. The molecule has 0 radical (unpaired) electrons. The summed E-state index contributed by atoms with van der Waals surface area (Å²) in [6.07, 6.45) is 0. The Morgan fingerprint density at radius 3 is 2.26 bits per heavy atom. The highest BCUT2D eigenvalue weighted by molar-refractivity contribution is 7.85. The SMILES string of the molecule is Nc1cccc(Cl)c1.O=S(=O)=Nc1cccc(CS(=O)(=O)O)c1. The molecule has 0 heterocycles. The lowest BCUT2D eigenvalue weighted by Crippen LogP contribution is -2.00. The Hall–Kier alpha value is -1.94. The molecule has 0 aliphatic carbocycles. The molecule has 7 nitrogen and oxygen atoms in total. The first-order valence-corrected chi connectivity index (χ1v) is 9.04. The van der Waals surface area contributed by atoms with Crippen LogP contribution in [0.1, 0.15) is 5.56 Å². The van der Waals surface area contributed by atoms with E-state index in [0.29, 0.717) is 10.7 Å². The fourth-order valence-electron chi connectivity index (χ4n) is 1.51. The van der Waals surface area contributed by atoms with Crippen molar-refractivity contribution in [3.8, 4) is 0 Å². The summed E-state index contributed by atoms with van der Waals surface area (Å²) in [5.74, 6) is -0.568. The maximum Gasteiger partial charge on any atom is 0.316 e. The number of hydrogen-bond acceptors (Lipinski definition) is 6. The highest BCUT2D eigenvalue weighted by Gasteiger charge is 2.06. The molecule has 10 heteroatoms. The standard InChI is InChI=1S/C7H7NO5S2.C6H6ClN/c9-14(10)8-7-3-1-2-6(4-7)5-15(11,12)13;7-5-2-1-3-6(8)4-5/h1-4H,5H2,(H,11,12,13);1-4H,8H2. The van der Waals surface area contributed by atoms with Gasteiger partial charge in [-0.2, -0.15) is 16.8 Å². The minimum absolute atomic E-state index is 0.115. The van der Waals surface area contributed by atoms with Gasteiger partial charge in [-0.15, -0.1) is 4.36 Å². The molecule has 124 valence electrons. The van der Waals surface area contributed by atoms with Crippen LogP contribution in [-0.2, 0) is 26.4 Å². The minimum Gasteiger partial charge on any atom is -0.399 e. The van der Waals surface area contributed by atoms with Crippen LogP contribution in [0.3, 0.4) is 0 Å². The summed E-state index contributed by atoms with van der Waals surface area (Å²) >= 11 is 5.56. The third-order valence-electron chi connectivity index (χ3n) is 2.29. The van der Waals surface area contributed by atoms with Crippen molar-refractivity contribution < 1.29 is 21.4 Å². The average molecular weight is 377 g/mol. The van der Waals surface area contributed by atoms with Crippen molar-refractivity contribution in [3.63, 3.8) is 0 Å². The van der Waals surface area contributed by atoms with Gasteiger partial charge in [0.2, 0.25) is 0 Å². The lowest BCUT2D eigenvalue weighted by atomic mass is 10.2. The second kappa shape index (κ2) is 8.63. The Morgan fingerprint density at radius 1 is 1.13 bits per heavy atom. The fraction of sp³-hybridized carbons (Fsp3) is 0.0769. The zero-order valence-electron chi connectivity index (χ0n) is 11.6. The highest BCUT2D eigenvalue weighted by atomic mass is 35.5. The van der Waals surface area contributed by atoms with E-state index in [-0.39, 0.29) is 11.3 Å². The molecule has 23 heavy (non-hydrogen) atoms. The molecule has 0 aromatic heterocycles. The second-order valence-corrected chi connectivity index (χ2v) is 6.77. The predicted octanol–water partition coefficient (Wildman–Crippen LogP) is 2.69. The Kier molecular flexibility index (Phi) is 7.17. The largest absolute Gasteiger partial charge is 0.399 e. The molecule has 3 N–H and O–H groups in total. The van der Waals surface area contributed by atoms with Gasteiger partial charge < -0.3 is 5.73 Å². The number of nitrogens with zero attached hydrogens (tertiary/aromatic N) is 1. The quantitative estimate of drug-likeness (QED) is 0.626. The van der Waals surface area contributed by atoms with Crippen molar-refractivity contribution >= 4 is 43.6 Å². The maximum atomic E-state index is 10.5. The van der Waals surface area contributed by atoms with Gasteiger partial charge in [0.15, 0.2) is 0 Å². The molecule has 2 rings (SSSR count). The van der Waals surface area contributed by atoms with E-state index in [1.165, 1.54) is 24.3 Å². The number of nitrogens with two attached hydrogens (primary N) is 1. The van der Waals surface area contributed by atoms with Crippen LogP contribution in [0.5, 0.6) is 0 Å². The van der Waals surface area contributed by atoms with Gasteiger partial charge in [0.25, 0.3) is 10.1 Å². The summed E-state index contributed by atoms with van der Waals surface area (Å²) < 4.78 is 53.3. The number of nitrogen functional groups attached to an aromatic ring is 1. The molecule has 0 saturated heterocycles. The lowest BCUT2D eigenvalue weighted by Gasteiger charge is -1.98. The molecule has 0 aliphatic rings. The summed E-state index contributed by atoms with van der Waals surface area (Å²) in [6.45, 7) is 0. The van der Waals surface area contributed by atoms with Gasteiger partial charge in [-0.25, -0.2) is 0 Å².